The van der Waals surface area contributed by atoms with Crippen LogP contribution in [-0.4, -0.2) is 47.0 Å². The molecule has 0 spiro atoms. The molecule has 1 amide bonds. The monoisotopic (exact) mass is 382 g/mol. The summed E-state index contributed by atoms with van der Waals surface area (Å²) in [4.78, 5) is 16.4. The van der Waals surface area contributed by atoms with E-state index in [9.17, 15) is 13.2 Å². The van der Waals surface area contributed by atoms with Gasteiger partial charge in [-0.25, -0.2) is 13.4 Å². The number of thioether (sulfide) groups is 1. The maximum Gasteiger partial charge on any atom is 0.243 e. The maximum absolute atomic E-state index is 12.4. The van der Waals surface area contributed by atoms with Gasteiger partial charge in [-0.05, 0) is 24.3 Å². The Hall–Kier alpha value is -1.84. The number of aryl methyl sites for hydroxylation is 1. The fourth-order valence-electron chi connectivity index (χ4n) is 2.24. The first-order valence-electron chi connectivity index (χ1n) is 7.88. The number of imidazole rings is 1. The zero-order valence-electron chi connectivity index (χ0n) is 14.5. The molecule has 25 heavy (non-hydrogen) atoms. The summed E-state index contributed by atoms with van der Waals surface area (Å²) in [5.41, 5.74) is 0.559. The molecule has 1 heterocycles. The number of nitrogens with one attached hydrogen (secondary N) is 1. The number of hydrogen-bond donors (Lipinski definition) is 1. The highest BCUT2D eigenvalue weighted by molar-refractivity contribution is 7.99. The van der Waals surface area contributed by atoms with E-state index in [-0.39, 0.29) is 16.6 Å². The van der Waals surface area contributed by atoms with Crippen LogP contribution in [0.1, 0.15) is 13.8 Å². The molecule has 2 aromatic rings. The van der Waals surface area contributed by atoms with Gasteiger partial charge in [0.05, 0.1) is 10.6 Å². The quantitative estimate of drug-likeness (QED) is 0.708. The molecule has 9 heteroatoms. The highest BCUT2D eigenvalue weighted by Crippen LogP contribution is 2.19. The van der Waals surface area contributed by atoms with Gasteiger partial charge in [0.2, 0.25) is 15.9 Å². The van der Waals surface area contributed by atoms with Gasteiger partial charge in [-0.15, -0.1) is 0 Å². The largest absolute Gasteiger partial charge is 0.329 e. The second-order valence-corrected chi connectivity index (χ2v) is 8.15. The van der Waals surface area contributed by atoms with Gasteiger partial charge in [-0.2, -0.15) is 4.31 Å². The molecule has 0 saturated carbocycles. The lowest BCUT2D eigenvalue weighted by atomic mass is 10.3. The van der Waals surface area contributed by atoms with Gasteiger partial charge in [0.15, 0.2) is 5.16 Å². The van der Waals surface area contributed by atoms with Crippen LogP contribution in [0.25, 0.3) is 0 Å². The number of carbonyl (C=O) groups is 1. The van der Waals surface area contributed by atoms with Crippen LogP contribution in [0.4, 0.5) is 5.69 Å². The number of carbonyl (C=O) groups excluding carboxylic acids is 1. The van der Waals surface area contributed by atoms with Crippen molar-refractivity contribution in [2.45, 2.75) is 23.9 Å². The van der Waals surface area contributed by atoms with E-state index in [1.807, 2.05) is 17.8 Å². The number of sulfonamides is 1. The Kier molecular flexibility index (Phi) is 6.63. The first-order valence-corrected chi connectivity index (χ1v) is 10.3. The molecular weight excluding hydrogens is 360 g/mol. The molecule has 0 atom stereocenters. The number of rotatable bonds is 8. The summed E-state index contributed by atoms with van der Waals surface area (Å²) in [6, 6.07) is 6.21. The number of nitrogens with zero attached hydrogens (tertiary/aromatic N) is 3. The van der Waals surface area contributed by atoms with E-state index in [1.165, 1.54) is 28.2 Å². The van der Waals surface area contributed by atoms with E-state index in [0.717, 1.165) is 5.16 Å². The highest BCUT2D eigenvalue weighted by Gasteiger charge is 2.21. The van der Waals surface area contributed by atoms with Crippen molar-refractivity contribution in [1.82, 2.24) is 13.9 Å². The molecule has 1 aromatic heterocycles. The van der Waals surface area contributed by atoms with Crippen molar-refractivity contribution in [3.8, 4) is 0 Å². The van der Waals surface area contributed by atoms with Crippen LogP contribution in [0.3, 0.4) is 0 Å². The fraction of sp³-hybridized carbons (Fsp3) is 0.375. The fourth-order valence-corrected chi connectivity index (χ4v) is 4.43. The molecule has 136 valence electrons. The molecule has 0 aliphatic heterocycles. The van der Waals surface area contributed by atoms with Crippen molar-refractivity contribution in [2.24, 2.45) is 7.05 Å². The predicted octanol–water partition coefficient (Wildman–Crippen LogP) is 2.18. The van der Waals surface area contributed by atoms with Crippen LogP contribution in [0.2, 0.25) is 0 Å². The molecule has 0 fully saturated rings. The summed E-state index contributed by atoms with van der Waals surface area (Å²) in [5, 5.41) is 3.51. The van der Waals surface area contributed by atoms with Gasteiger partial charge in [0.1, 0.15) is 0 Å². The Morgan fingerprint density at radius 3 is 2.40 bits per heavy atom. The minimum Gasteiger partial charge on any atom is -0.329 e. The van der Waals surface area contributed by atoms with E-state index in [1.54, 1.807) is 32.2 Å². The first kappa shape index (κ1) is 19.5. The summed E-state index contributed by atoms with van der Waals surface area (Å²) < 4.78 is 28.1. The minimum absolute atomic E-state index is 0.174. The standard InChI is InChI=1S/C16H22N4O3S2/c1-4-20(5-2)25(22,23)14-8-6-13(7-9-14)18-15(21)12-24-16-17-10-11-19(16)3/h6-11H,4-5,12H2,1-3H3,(H,18,21). The Balaban J connectivity index is 1.98. The topological polar surface area (TPSA) is 84.3 Å². The summed E-state index contributed by atoms with van der Waals surface area (Å²) in [6.45, 7) is 4.44. The number of benzene rings is 1. The van der Waals surface area contributed by atoms with Gasteiger partial charge < -0.3 is 9.88 Å². The lowest BCUT2D eigenvalue weighted by molar-refractivity contribution is -0.113. The third-order valence-corrected chi connectivity index (χ3v) is 6.71. The van der Waals surface area contributed by atoms with Gasteiger partial charge in [-0.1, -0.05) is 25.6 Å². The second kappa shape index (κ2) is 8.50. The van der Waals surface area contributed by atoms with E-state index in [2.05, 4.69) is 10.3 Å². The second-order valence-electron chi connectivity index (χ2n) is 5.27. The zero-order valence-corrected chi connectivity index (χ0v) is 16.1. The normalized spacial score (nSPS) is 11.7. The van der Waals surface area contributed by atoms with Crippen LogP contribution in [-0.2, 0) is 21.9 Å². The summed E-state index contributed by atoms with van der Waals surface area (Å²) in [6.07, 6.45) is 3.49. The summed E-state index contributed by atoms with van der Waals surface area (Å²) in [5.74, 6) is 0.0528. The molecule has 7 nitrogen and oxygen atoms in total. The predicted molar refractivity (Wildman–Crippen MR) is 99.1 cm³/mol. The van der Waals surface area contributed by atoms with Crippen LogP contribution in [0.15, 0.2) is 46.7 Å². The van der Waals surface area contributed by atoms with Crippen molar-refractivity contribution >= 4 is 33.4 Å². The van der Waals surface area contributed by atoms with Crippen LogP contribution in [0, 0.1) is 0 Å². The number of aromatic nitrogens is 2. The van der Waals surface area contributed by atoms with Crippen LogP contribution in [0.5, 0.6) is 0 Å². The van der Waals surface area contributed by atoms with Crippen LogP contribution >= 0.6 is 11.8 Å². The molecule has 0 saturated heterocycles. The Morgan fingerprint density at radius 1 is 1.24 bits per heavy atom. The van der Waals surface area contributed by atoms with Crippen molar-refractivity contribution < 1.29 is 13.2 Å². The molecule has 1 N–H and O–H groups in total. The van der Waals surface area contributed by atoms with Crippen molar-refractivity contribution in [3.63, 3.8) is 0 Å². The highest BCUT2D eigenvalue weighted by atomic mass is 32.2. The molecule has 0 unspecified atom stereocenters. The van der Waals surface area contributed by atoms with Gasteiger partial charge in [-0.3, -0.25) is 4.79 Å². The molecular formula is C16H22N4O3S2. The third kappa shape index (κ3) is 4.83. The van der Waals surface area contributed by atoms with E-state index >= 15 is 0 Å². The van der Waals surface area contributed by atoms with E-state index < -0.39 is 10.0 Å². The molecule has 2 rings (SSSR count). The smallest absolute Gasteiger partial charge is 0.243 e. The zero-order chi connectivity index (χ0) is 18.4. The minimum atomic E-state index is -3.49. The average molecular weight is 383 g/mol. The maximum atomic E-state index is 12.4. The average Bonchev–Trinajstić information content (AvgIpc) is 2.99. The Labute approximate surface area is 152 Å². The number of amides is 1. The lowest BCUT2D eigenvalue weighted by Gasteiger charge is -2.18. The number of anilines is 1. The van der Waals surface area contributed by atoms with Crippen molar-refractivity contribution in [3.05, 3.63) is 36.7 Å². The van der Waals surface area contributed by atoms with Crippen LogP contribution < -0.4 is 5.32 Å². The van der Waals surface area contributed by atoms with Crippen molar-refractivity contribution in [1.29, 1.82) is 0 Å². The molecule has 0 bridgehead atoms. The Bertz CT molecular complexity index is 812. The lowest BCUT2D eigenvalue weighted by Crippen LogP contribution is -2.30. The molecule has 0 aliphatic rings. The molecule has 1 aromatic carbocycles. The molecule has 0 aliphatic carbocycles. The van der Waals surface area contributed by atoms with Gasteiger partial charge in [0.25, 0.3) is 0 Å². The van der Waals surface area contributed by atoms with Gasteiger partial charge >= 0.3 is 0 Å². The first-order chi connectivity index (χ1) is 11.9. The number of hydrogen-bond acceptors (Lipinski definition) is 5. The third-order valence-electron chi connectivity index (χ3n) is 3.59. The van der Waals surface area contributed by atoms with Crippen molar-refractivity contribution in [2.75, 3.05) is 24.2 Å². The SMILES string of the molecule is CCN(CC)S(=O)(=O)c1ccc(NC(=O)CSc2nccn2C)cc1. The summed E-state index contributed by atoms with van der Waals surface area (Å²) >= 11 is 1.34. The molecule has 0 radical (unpaired) electrons. The van der Waals surface area contributed by atoms with Gasteiger partial charge in [0, 0.05) is 38.2 Å². The summed E-state index contributed by atoms with van der Waals surface area (Å²) in [7, 11) is -1.62. The Morgan fingerprint density at radius 2 is 1.88 bits per heavy atom. The van der Waals surface area contributed by atoms with E-state index in [0.29, 0.717) is 18.8 Å². The van der Waals surface area contributed by atoms with E-state index in [4.69, 9.17) is 0 Å².